The van der Waals surface area contributed by atoms with Crippen LogP contribution in [0.1, 0.15) is 35.2 Å². The fourth-order valence-electron chi connectivity index (χ4n) is 2.32. The molecule has 0 saturated heterocycles. The minimum atomic E-state index is -0.473. The Kier molecular flexibility index (Phi) is 4.80. The highest BCUT2D eigenvalue weighted by molar-refractivity contribution is 6.31. The first-order valence-electron chi connectivity index (χ1n) is 6.55. The van der Waals surface area contributed by atoms with Gasteiger partial charge in [-0.2, -0.15) is 0 Å². The highest BCUT2D eigenvalue weighted by atomic mass is 35.5. The molecule has 1 fully saturated rings. The van der Waals surface area contributed by atoms with E-state index in [9.17, 15) is 4.79 Å². The van der Waals surface area contributed by atoms with Crippen molar-refractivity contribution in [1.82, 2.24) is 4.90 Å². The van der Waals surface area contributed by atoms with Crippen molar-refractivity contribution in [2.24, 2.45) is 5.73 Å². The van der Waals surface area contributed by atoms with E-state index in [1.165, 1.54) is 19.3 Å². The molecule has 1 saturated carbocycles. The van der Waals surface area contributed by atoms with Crippen molar-refractivity contribution in [3.8, 4) is 0 Å². The molecule has 3 N–H and O–H groups in total. The molecular formula is C14H19ClN2O2. The quantitative estimate of drug-likeness (QED) is 0.836. The molecule has 1 aliphatic rings. The SMILES string of the molecule is NC(=O)c1ccc(CN(CCO)C2CCC2)c(Cl)c1. The summed E-state index contributed by atoms with van der Waals surface area (Å²) in [6, 6.07) is 5.68. The van der Waals surface area contributed by atoms with E-state index in [0.717, 1.165) is 5.56 Å². The number of hydrogen-bond donors (Lipinski definition) is 2. The number of carbonyl (C=O) groups is 1. The number of nitrogens with zero attached hydrogens (tertiary/aromatic N) is 1. The number of aliphatic hydroxyl groups excluding tert-OH is 1. The second-order valence-electron chi connectivity index (χ2n) is 4.95. The molecule has 19 heavy (non-hydrogen) atoms. The Morgan fingerprint density at radius 3 is 2.68 bits per heavy atom. The molecule has 104 valence electrons. The fraction of sp³-hybridized carbons (Fsp3) is 0.500. The van der Waals surface area contributed by atoms with E-state index in [-0.39, 0.29) is 6.61 Å². The van der Waals surface area contributed by atoms with Crippen molar-refractivity contribution >= 4 is 17.5 Å². The van der Waals surface area contributed by atoms with Gasteiger partial charge in [-0.25, -0.2) is 0 Å². The monoisotopic (exact) mass is 282 g/mol. The van der Waals surface area contributed by atoms with Gasteiger partial charge in [0.05, 0.1) is 6.61 Å². The van der Waals surface area contributed by atoms with E-state index < -0.39 is 5.91 Å². The third-order valence-corrected chi connectivity index (χ3v) is 4.04. The standard InChI is InChI=1S/C14H19ClN2O2/c15-13-8-10(14(16)19)4-5-11(13)9-17(6-7-18)12-2-1-3-12/h4-5,8,12,18H,1-3,6-7,9H2,(H2,16,19). The molecule has 5 heteroatoms. The van der Waals surface area contributed by atoms with Gasteiger partial charge in [0.1, 0.15) is 0 Å². The molecule has 1 aliphatic carbocycles. The minimum absolute atomic E-state index is 0.146. The lowest BCUT2D eigenvalue weighted by molar-refractivity contribution is 0.0945. The van der Waals surface area contributed by atoms with Crippen LogP contribution >= 0.6 is 11.6 Å². The maximum Gasteiger partial charge on any atom is 0.248 e. The summed E-state index contributed by atoms with van der Waals surface area (Å²) >= 11 is 6.19. The lowest BCUT2D eigenvalue weighted by Crippen LogP contribution is -2.41. The summed E-state index contributed by atoms with van der Waals surface area (Å²) < 4.78 is 0. The zero-order chi connectivity index (χ0) is 13.8. The van der Waals surface area contributed by atoms with Crippen LogP contribution in [0.15, 0.2) is 18.2 Å². The number of rotatable bonds is 6. The molecule has 0 heterocycles. The Labute approximate surface area is 118 Å². The summed E-state index contributed by atoms with van der Waals surface area (Å²) in [5.41, 5.74) is 6.61. The van der Waals surface area contributed by atoms with Gasteiger partial charge in [0.15, 0.2) is 0 Å². The second-order valence-corrected chi connectivity index (χ2v) is 5.36. The van der Waals surface area contributed by atoms with Gasteiger partial charge in [-0.15, -0.1) is 0 Å². The van der Waals surface area contributed by atoms with Gasteiger partial charge in [0.2, 0.25) is 5.91 Å². The molecule has 1 aromatic carbocycles. The fourth-order valence-corrected chi connectivity index (χ4v) is 2.56. The molecule has 0 radical (unpaired) electrons. The van der Waals surface area contributed by atoms with Crippen LogP contribution < -0.4 is 5.73 Å². The van der Waals surface area contributed by atoms with Crippen molar-refractivity contribution < 1.29 is 9.90 Å². The number of primary amides is 1. The molecule has 4 nitrogen and oxygen atoms in total. The smallest absolute Gasteiger partial charge is 0.248 e. The zero-order valence-corrected chi connectivity index (χ0v) is 11.6. The Bertz CT molecular complexity index is 461. The first-order valence-corrected chi connectivity index (χ1v) is 6.92. The van der Waals surface area contributed by atoms with Crippen molar-refractivity contribution in [1.29, 1.82) is 0 Å². The number of aliphatic hydroxyl groups is 1. The summed E-state index contributed by atoms with van der Waals surface area (Å²) in [4.78, 5) is 13.3. The van der Waals surface area contributed by atoms with Gasteiger partial charge in [-0.05, 0) is 30.5 Å². The Morgan fingerprint density at radius 2 is 2.21 bits per heavy atom. The number of hydrogen-bond acceptors (Lipinski definition) is 3. The third kappa shape index (κ3) is 3.47. The lowest BCUT2D eigenvalue weighted by Gasteiger charge is -2.37. The number of amides is 1. The molecule has 0 aliphatic heterocycles. The van der Waals surface area contributed by atoms with Gasteiger partial charge in [0.25, 0.3) is 0 Å². The predicted octanol–water partition coefficient (Wildman–Crippen LogP) is 1.79. The molecule has 0 aromatic heterocycles. The van der Waals surface area contributed by atoms with Gasteiger partial charge < -0.3 is 10.8 Å². The van der Waals surface area contributed by atoms with E-state index in [0.29, 0.717) is 29.7 Å². The van der Waals surface area contributed by atoms with Crippen LogP contribution in [0.25, 0.3) is 0 Å². The van der Waals surface area contributed by atoms with Crippen molar-refractivity contribution in [3.63, 3.8) is 0 Å². The maximum atomic E-state index is 11.1. The Hall–Kier alpha value is -1.10. The van der Waals surface area contributed by atoms with E-state index in [4.69, 9.17) is 22.4 Å². The number of nitrogens with two attached hydrogens (primary N) is 1. The van der Waals surface area contributed by atoms with E-state index in [1.54, 1.807) is 12.1 Å². The summed E-state index contributed by atoms with van der Waals surface area (Å²) in [5.74, 6) is -0.473. The number of halogens is 1. The lowest BCUT2D eigenvalue weighted by atomic mass is 9.91. The molecule has 0 bridgehead atoms. The second kappa shape index (κ2) is 6.37. The maximum absolute atomic E-state index is 11.1. The van der Waals surface area contributed by atoms with E-state index in [2.05, 4.69) is 4.90 Å². The highest BCUT2D eigenvalue weighted by Gasteiger charge is 2.25. The highest BCUT2D eigenvalue weighted by Crippen LogP contribution is 2.28. The van der Waals surface area contributed by atoms with Gasteiger partial charge in [0, 0.05) is 29.7 Å². The third-order valence-electron chi connectivity index (χ3n) is 3.69. The largest absolute Gasteiger partial charge is 0.395 e. The summed E-state index contributed by atoms with van der Waals surface area (Å²) in [7, 11) is 0. The van der Waals surface area contributed by atoms with Gasteiger partial charge >= 0.3 is 0 Å². The Morgan fingerprint density at radius 1 is 1.47 bits per heavy atom. The molecule has 1 amide bonds. The van der Waals surface area contributed by atoms with Gasteiger partial charge in [-0.1, -0.05) is 24.1 Å². The van der Waals surface area contributed by atoms with Crippen molar-refractivity contribution in [2.45, 2.75) is 31.8 Å². The minimum Gasteiger partial charge on any atom is -0.395 e. The topological polar surface area (TPSA) is 66.6 Å². The molecule has 0 spiro atoms. The Balaban J connectivity index is 2.09. The number of benzene rings is 1. The average molecular weight is 283 g/mol. The number of carbonyl (C=O) groups excluding carboxylic acids is 1. The molecule has 0 atom stereocenters. The molecule has 1 aromatic rings. The van der Waals surface area contributed by atoms with E-state index in [1.807, 2.05) is 6.07 Å². The summed E-state index contributed by atoms with van der Waals surface area (Å²) in [5, 5.41) is 9.69. The summed E-state index contributed by atoms with van der Waals surface area (Å²) in [6.07, 6.45) is 3.61. The molecular weight excluding hydrogens is 264 g/mol. The molecule has 0 unspecified atom stereocenters. The zero-order valence-electron chi connectivity index (χ0n) is 10.8. The predicted molar refractivity (Wildman–Crippen MR) is 75.1 cm³/mol. The first-order chi connectivity index (χ1) is 9.11. The van der Waals surface area contributed by atoms with E-state index >= 15 is 0 Å². The van der Waals surface area contributed by atoms with Crippen LogP contribution in [0.4, 0.5) is 0 Å². The van der Waals surface area contributed by atoms with Crippen LogP contribution in [-0.2, 0) is 6.54 Å². The summed E-state index contributed by atoms with van der Waals surface area (Å²) in [6.45, 7) is 1.50. The normalized spacial score (nSPS) is 15.5. The van der Waals surface area contributed by atoms with Crippen LogP contribution in [0.3, 0.4) is 0 Å². The average Bonchev–Trinajstić information content (AvgIpc) is 2.29. The van der Waals surface area contributed by atoms with Crippen LogP contribution in [-0.4, -0.2) is 35.1 Å². The van der Waals surface area contributed by atoms with Crippen LogP contribution in [0.5, 0.6) is 0 Å². The van der Waals surface area contributed by atoms with Gasteiger partial charge in [-0.3, -0.25) is 9.69 Å². The molecule has 2 rings (SSSR count). The van der Waals surface area contributed by atoms with Crippen molar-refractivity contribution in [2.75, 3.05) is 13.2 Å². The van der Waals surface area contributed by atoms with Crippen LogP contribution in [0.2, 0.25) is 5.02 Å². The first kappa shape index (κ1) is 14.3. The van der Waals surface area contributed by atoms with Crippen LogP contribution in [0, 0.1) is 0 Å². The van der Waals surface area contributed by atoms with Crippen molar-refractivity contribution in [3.05, 3.63) is 34.3 Å².